The molecule has 76 valence electrons. The first-order valence-corrected chi connectivity index (χ1v) is 5.93. The highest BCUT2D eigenvalue weighted by Crippen LogP contribution is 2.36. The van der Waals surface area contributed by atoms with Crippen molar-refractivity contribution in [1.29, 1.82) is 0 Å². The van der Waals surface area contributed by atoms with Crippen molar-refractivity contribution in [3.05, 3.63) is 33.8 Å². The average Bonchev–Trinajstić information content (AvgIpc) is 2.20. The van der Waals surface area contributed by atoms with Gasteiger partial charge in [-0.05, 0) is 56.5 Å². The maximum Gasteiger partial charge on any atom is 0.0406 e. The van der Waals surface area contributed by atoms with Crippen molar-refractivity contribution >= 4 is 15.9 Å². The molecule has 1 nitrogen and oxygen atoms in total. The number of rotatable bonds is 1. The lowest BCUT2D eigenvalue weighted by molar-refractivity contribution is 0.338. The molecule has 14 heavy (non-hydrogen) atoms. The molecule has 1 unspecified atom stereocenters. The van der Waals surface area contributed by atoms with Crippen molar-refractivity contribution in [2.75, 3.05) is 7.05 Å². The van der Waals surface area contributed by atoms with Gasteiger partial charge in [-0.2, -0.15) is 0 Å². The maximum absolute atomic E-state index is 3.54. The maximum atomic E-state index is 3.54. The summed E-state index contributed by atoms with van der Waals surface area (Å²) in [5.41, 5.74) is 3.12. The van der Waals surface area contributed by atoms with E-state index >= 15 is 0 Å². The van der Waals surface area contributed by atoms with Crippen molar-refractivity contribution in [3.8, 4) is 0 Å². The van der Waals surface area contributed by atoms with Crippen molar-refractivity contribution in [2.45, 2.75) is 31.7 Å². The Bertz CT molecular complexity index is 348. The van der Waals surface area contributed by atoms with Gasteiger partial charge in [0.05, 0.1) is 0 Å². The Balaban J connectivity index is 2.52. The Morgan fingerprint density at radius 3 is 2.93 bits per heavy atom. The van der Waals surface area contributed by atoms with Crippen LogP contribution in [0.1, 0.15) is 30.9 Å². The third kappa shape index (κ3) is 1.61. The molecule has 0 aromatic heterocycles. The van der Waals surface area contributed by atoms with Crippen molar-refractivity contribution in [3.63, 3.8) is 0 Å². The smallest absolute Gasteiger partial charge is 0.0406 e. The molecule has 0 heterocycles. The molecule has 0 radical (unpaired) electrons. The molecule has 0 bridgehead atoms. The topological polar surface area (TPSA) is 12.0 Å². The lowest BCUT2D eigenvalue weighted by Crippen LogP contribution is -2.39. The summed E-state index contributed by atoms with van der Waals surface area (Å²) < 4.78 is 1.18. The number of benzene rings is 1. The molecule has 1 N–H and O–H groups in total. The first kappa shape index (κ1) is 10.2. The van der Waals surface area contributed by atoms with E-state index in [1.54, 1.807) is 0 Å². The molecule has 0 saturated heterocycles. The molecule has 0 saturated carbocycles. The highest BCUT2D eigenvalue weighted by molar-refractivity contribution is 9.10. The normalized spacial score (nSPS) is 25.9. The van der Waals surface area contributed by atoms with E-state index in [-0.39, 0.29) is 5.54 Å². The third-order valence-electron chi connectivity index (χ3n) is 3.34. The Morgan fingerprint density at radius 2 is 2.21 bits per heavy atom. The number of fused-ring (bicyclic) bond motifs is 1. The number of halogens is 1. The van der Waals surface area contributed by atoms with Crippen LogP contribution >= 0.6 is 15.9 Å². The van der Waals surface area contributed by atoms with Crippen molar-refractivity contribution in [2.24, 2.45) is 0 Å². The summed E-state index contributed by atoms with van der Waals surface area (Å²) in [6.07, 6.45) is 3.73. The molecule has 0 fully saturated rings. The molecule has 1 atom stereocenters. The lowest BCUT2D eigenvalue weighted by Gasteiger charge is -2.36. The Morgan fingerprint density at radius 1 is 1.43 bits per heavy atom. The SMILES string of the molecule is CNC1(C)CCCc2ccc(Br)cc21. The summed E-state index contributed by atoms with van der Waals surface area (Å²) >= 11 is 3.54. The van der Waals surface area contributed by atoms with E-state index in [0.29, 0.717) is 0 Å². The van der Waals surface area contributed by atoms with Gasteiger partial charge < -0.3 is 5.32 Å². The minimum absolute atomic E-state index is 0.164. The largest absolute Gasteiger partial charge is 0.311 e. The zero-order valence-electron chi connectivity index (χ0n) is 8.73. The average molecular weight is 254 g/mol. The number of aryl methyl sites for hydroxylation is 1. The van der Waals surface area contributed by atoms with E-state index in [2.05, 4.69) is 53.4 Å². The van der Waals surface area contributed by atoms with E-state index < -0.39 is 0 Å². The van der Waals surface area contributed by atoms with Gasteiger partial charge in [0.15, 0.2) is 0 Å². The molecular formula is C12H16BrN. The first-order chi connectivity index (χ1) is 6.65. The van der Waals surface area contributed by atoms with Crippen LogP contribution in [0.5, 0.6) is 0 Å². The molecule has 1 aliphatic carbocycles. The van der Waals surface area contributed by atoms with Gasteiger partial charge in [0.25, 0.3) is 0 Å². The summed E-state index contributed by atoms with van der Waals surface area (Å²) in [5, 5.41) is 3.44. The molecule has 1 aromatic rings. The van der Waals surface area contributed by atoms with Crippen LogP contribution < -0.4 is 5.32 Å². The monoisotopic (exact) mass is 253 g/mol. The predicted octanol–water partition coefficient (Wildman–Crippen LogP) is 3.22. The molecule has 0 spiro atoms. The second-order valence-electron chi connectivity index (χ2n) is 4.24. The van der Waals surface area contributed by atoms with E-state index in [1.807, 2.05) is 0 Å². The van der Waals surface area contributed by atoms with Crippen LogP contribution in [0.3, 0.4) is 0 Å². The van der Waals surface area contributed by atoms with E-state index in [9.17, 15) is 0 Å². The summed E-state index contributed by atoms with van der Waals surface area (Å²) in [6, 6.07) is 6.64. The fourth-order valence-electron chi connectivity index (χ4n) is 2.31. The molecule has 2 rings (SSSR count). The van der Waals surface area contributed by atoms with Crippen molar-refractivity contribution in [1.82, 2.24) is 5.32 Å². The number of hydrogen-bond donors (Lipinski definition) is 1. The second-order valence-corrected chi connectivity index (χ2v) is 5.15. The molecule has 1 aliphatic rings. The van der Waals surface area contributed by atoms with Gasteiger partial charge in [0, 0.05) is 10.0 Å². The molecule has 0 aliphatic heterocycles. The van der Waals surface area contributed by atoms with E-state index in [4.69, 9.17) is 0 Å². The quantitative estimate of drug-likeness (QED) is 0.811. The van der Waals surface area contributed by atoms with Gasteiger partial charge in [-0.1, -0.05) is 22.0 Å². The van der Waals surface area contributed by atoms with Crippen LogP contribution in [0.2, 0.25) is 0 Å². The molecule has 2 heteroatoms. The minimum atomic E-state index is 0.164. The predicted molar refractivity (Wildman–Crippen MR) is 63.5 cm³/mol. The van der Waals surface area contributed by atoms with Gasteiger partial charge >= 0.3 is 0 Å². The number of hydrogen-bond acceptors (Lipinski definition) is 1. The summed E-state index contributed by atoms with van der Waals surface area (Å²) in [6.45, 7) is 2.29. The van der Waals surface area contributed by atoms with Crippen LogP contribution in [-0.2, 0) is 12.0 Å². The Kier molecular flexibility index (Phi) is 2.67. The minimum Gasteiger partial charge on any atom is -0.311 e. The molecule has 1 aromatic carbocycles. The van der Waals surface area contributed by atoms with Crippen LogP contribution in [-0.4, -0.2) is 7.05 Å². The van der Waals surface area contributed by atoms with Gasteiger partial charge in [-0.25, -0.2) is 0 Å². The van der Waals surface area contributed by atoms with E-state index in [1.165, 1.54) is 34.9 Å². The molecular weight excluding hydrogens is 238 g/mol. The highest BCUT2D eigenvalue weighted by atomic mass is 79.9. The van der Waals surface area contributed by atoms with Gasteiger partial charge in [-0.3, -0.25) is 0 Å². The van der Waals surface area contributed by atoms with Gasteiger partial charge in [0.2, 0.25) is 0 Å². The first-order valence-electron chi connectivity index (χ1n) is 5.13. The summed E-state index contributed by atoms with van der Waals surface area (Å²) in [7, 11) is 2.05. The highest BCUT2D eigenvalue weighted by Gasteiger charge is 2.30. The standard InChI is InChI=1S/C12H16BrN/c1-12(14-2)7-3-4-9-5-6-10(13)8-11(9)12/h5-6,8,14H,3-4,7H2,1-2H3. The Labute approximate surface area is 94.0 Å². The van der Waals surface area contributed by atoms with Crippen LogP contribution in [0.4, 0.5) is 0 Å². The van der Waals surface area contributed by atoms with E-state index in [0.717, 1.165) is 0 Å². The molecule has 0 amide bonds. The summed E-state index contributed by atoms with van der Waals surface area (Å²) in [5.74, 6) is 0. The van der Waals surface area contributed by atoms with Crippen LogP contribution in [0.25, 0.3) is 0 Å². The third-order valence-corrected chi connectivity index (χ3v) is 3.83. The van der Waals surface area contributed by atoms with Gasteiger partial charge in [-0.15, -0.1) is 0 Å². The summed E-state index contributed by atoms with van der Waals surface area (Å²) in [4.78, 5) is 0. The fourth-order valence-corrected chi connectivity index (χ4v) is 2.67. The van der Waals surface area contributed by atoms with Crippen LogP contribution in [0, 0.1) is 0 Å². The van der Waals surface area contributed by atoms with Crippen LogP contribution in [0.15, 0.2) is 22.7 Å². The van der Waals surface area contributed by atoms with Crippen molar-refractivity contribution < 1.29 is 0 Å². The second kappa shape index (κ2) is 3.67. The Hall–Kier alpha value is -0.340. The zero-order chi connectivity index (χ0) is 10.2. The fraction of sp³-hybridized carbons (Fsp3) is 0.500. The van der Waals surface area contributed by atoms with Gasteiger partial charge in [0.1, 0.15) is 0 Å². The zero-order valence-corrected chi connectivity index (χ0v) is 10.3. The lowest BCUT2D eigenvalue weighted by atomic mass is 9.78. The number of nitrogens with one attached hydrogen (secondary N) is 1.